The molecule has 0 bridgehead atoms. The van der Waals surface area contributed by atoms with Crippen LogP contribution in [0.15, 0.2) is 4.52 Å². The molecule has 2 heterocycles. The third kappa shape index (κ3) is 2.14. The molecule has 0 N–H and O–H groups in total. The fourth-order valence-corrected chi connectivity index (χ4v) is 1.79. The number of carbonyl (C=O) groups is 1. The molecule has 1 saturated heterocycles. The Morgan fingerprint density at radius 3 is 3.00 bits per heavy atom. The summed E-state index contributed by atoms with van der Waals surface area (Å²) in [6, 6.07) is 0. The van der Waals surface area contributed by atoms with Crippen LogP contribution < -0.4 is 0 Å². The fraction of sp³-hybridized carbons (Fsp3) is 0.727. The number of hydrogen-bond acceptors (Lipinski definition) is 5. The van der Waals surface area contributed by atoms with Gasteiger partial charge in [0.2, 0.25) is 11.7 Å². The Labute approximate surface area is 94.2 Å². The first-order valence-corrected chi connectivity index (χ1v) is 5.63. The highest BCUT2D eigenvalue weighted by atomic mass is 16.5. The van der Waals surface area contributed by atoms with Crippen molar-refractivity contribution in [1.82, 2.24) is 10.1 Å². The summed E-state index contributed by atoms with van der Waals surface area (Å²) in [7, 11) is 0. The summed E-state index contributed by atoms with van der Waals surface area (Å²) >= 11 is 0. The van der Waals surface area contributed by atoms with Gasteiger partial charge in [-0.2, -0.15) is 4.98 Å². The van der Waals surface area contributed by atoms with Crippen molar-refractivity contribution in [3.63, 3.8) is 0 Å². The summed E-state index contributed by atoms with van der Waals surface area (Å²) in [6.07, 6.45) is 2.62. The first kappa shape index (κ1) is 11.3. The molecule has 0 radical (unpaired) electrons. The number of nitrogens with zero attached hydrogens (tertiary/aromatic N) is 2. The zero-order valence-corrected chi connectivity index (χ0v) is 9.65. The maximum atomic E-state index is 11.2. The lowest BCUT2D eigenvalue weighted by atomic mass is 10.0. The van der Waals surface area contributed by atoms with Gasteiger partial charge >= 0.3 is 0 Å². The molecule has 0 amide bonds. The second kappa shape index (κ2) is 4.33. The van der Waals surface area contributed by atoms with Gasteiger partial charge < -0.3 is 9.26 Å². The van der Waals surface area contributed by atoms with Crippen LogP contribution in [0.2, 0.25) is 0 Å². The smallest absolute Gasteiger partial charge is 0.234 e. The normalized spacial score (nSPS) is 24.9. The van der Waals surface area contributed by atoms with Crippen molar-refractivity contribution < 1.29 is 14.1 Å². The Morgan fingerprint density at radius 1 is 1.56 bits per heavy atom. The van der Waals surface area contributed by atoms with Gasteiger partial charge in [0.05, 0.1) is 6.42 Å². The highest BCUT2D eigenvalue weighted by molar-refractivity contribution is 5.79. The molecular formula is C11H16N2O3. The van der Waals surface area contributed by atoms with Crippen LogP contribution in [0, 0.1) is 0 Å². The van der Waals surface area contributed by atoms with Crippen molar-refractivity contribution in [1.29, 1.82) is 0 Å². The summed E-state index contributed by atoms with van der Waals surface area (Å²) < 4.78 is 10.7. The highest BCUT2D eigenvalue weighted by Gasteiger charge is 2.36. The first-order chi connectivity index (χ1) is 7.64. The average molecular weight is 224 g/mol. The zero-order valence-electron chi connectivity index (χ0n) is 9.65. The lowest BCUT2D eigenvalue weighted by Crippen LogP contribution is -2.21. The van der Waals surface area contributed by atoms with Gasteiger partial charge in [0.15, 0.2) is 0 Å². The van der Waals surface area contributed by atoms with E-state index in [1.165, 1.54) is 0 Å². The predicted octanol–water partition coefficient (Wildman–Crippen LogP) is 1.62. The Morgan fingerprint density at radius 2 is 2.38 bits per heavy atom. The van der Waals surface area contributed by atoms with Crippen LogP contribution >= 0.6 is 0 Å². The minimum Gasteiger partial charge on any atom is -0.367 e. The second-order valence-corrected chi connectivity index (χ2v) is 4.26. The number of hydrogen-bond donors (Lipinski definition) is 0. The van der Waals surface area contributed by atoms with E-state index in [1.807, 2.05) is 13.8 Å². The van der Waals surface area contributed by atoms with E-state index in [1.54, 1.807) is 0 Å². The van der Waals surface area contributed by atoms with Crippen LogP contribution in [0.5, 0.6) is 0 Å². The lowest BCUT2D eigenvalue weighted by molar-refractivity contribution is -0.118. The number of Topliss-reactive ketones (excluding diaryl/α,β-unsaturated/α-hetero) is 1. The first-order valence-electron chi connectivity index (χ1n) is 5.63. The molecule has 1 atom stereocenters. The van der Waals surface area contributed by atoms with Crippen molar-refractivity contribution in [2.75, 3.05) is 6.61 Å². The van der Waals surface area contributed by atoms with Crippen molar-refractivity contribution in [3.8, 4) is 0 Å². The van der Waals surface area contributed by atoms with E-state index in [4.69, 9.17) is 9.26 Å². The van der Waals surface area contributed by atoms with Gasteiger partial charge in [0.1, 0.15) is 11.4 Å². The topological polar surface area (TPSA) is 65.2 Å². The van der Waals surface area contributed by atoms with Gasteiger partial charge in [-0.25, -0.2) is 0 Å². The van der Waals surface area contributed by atoms with Crippen LogP contribution in [0.1, 0.15) is 44.8 Å². The van der Waals surface area contributed by atoms with Crippen molar-refractivity contribution >= 4 is 5.78 Å². The average Bonchev–Trinajstić information content (AvgIpc) is 2.88. The summed E-state index contributed by atoms with van der Waals surface area (Å²) in [5.74, 6) is 1.05. The molecular weight excluding hydrogens is 208 g/mol. The molecule has 16 heavy (non-hydrogen) atoms. The molecule has 5 heteroatoms. The molecule has 1 unspecified atom stereocenters. The van der Waals surface area contributed by atoms with Crippen molar-refractivity contribution in [2.24, 2.45) is 0 Å². The Kier molecular flexibility index (Phi) is 3.05. The Bertz CT molecular complexity index is 380. The third-order valence-electron chi connectivity index (χ3n) is 2.90. The van der Waals surface area contributed by atoms with Crippen molar-refractivity contribution in [2.45, 2.75) is 45.1 Å². The molecule has 0 aliphatic carbocycles. The largest absolute Gasteiger partial charge is 0.367 e. The molecule has 1 aliphatic heterocycles. The van der Waals surface area contributed by atoms with Crippen LogP contribution in [0.25, 0.3) is 0 Å². The van der Waals surface area contributed by atoms with Crippen molar-refractivity contribution in [3.05, 3.63) is 11.7 Å². The molecule has 1 fully saturated rings. The van der Waals surface area contributed by atoms with E-state index in [0.29, 0.717) is 18.1 Å². The van der Waals surface area contributed by atoms with Gasteiger partial charge in [0.25, 0.3) is 0 Å². The predicted molar refractivity (Wildman–Crippen MR) is 55.8 cm³/mol. The monoisotopic (exact) mass is 224 g/mol. The van der Waals surface area contributed by atoms with E-state index in [0.717, 1.165) is 19.4 Å². The molecule has 1 aliphatic rings. The van der Waals surface area contributed by atoms with Gasteiger partial charge in [-0.15, -0.1) is 0 Å². The number of ketones is 1. The van der Waals surface area contributed by atoms with Crippen LogP contribution in [0.4, 0.5) is 0 Å². The number of aromatic nitrogens is 2. The molecule has 2 rings (SSSR count). The van der Waals surface area contributed by atoms with E-state index in [-0.39, 0.29) is 12.2 Å². The maximum Gasteiger partial charge on any atom is 0.234 e. The van der Waals surface area contributed by atoms with Crippen LogP contribution in [0.3, 0.4) is 0 Å². The highest BCUT2D eigenvalue weighted by Crippen LogP contribution is 2.33. The molecule has 1 aromatic heterocycles. The van der Waals surface area contributed by atoms with Gasteiger partial charge in [-0.05, 0) is 19.8 Å². The summed E-state index contributed by atoms with van der Waals surface area (Å²) in [6.45, 7) is 4.51. The van der Waals surface area contributed by atoms with Crippen LogP contribution in [-0.2, 0) is 21.6 Å². The minimum absolute atomic E-state index is 0.104. The summed E-state index contributed by atoms with van der Waals surface area (Å²) in [4.78, 5) is 15.5. The number of rotatable bonds is 4. The quantitative estimate of drug-likeness (QED) is 0.777. The van der Waals surface area contributed by atoms with Gasteiger partial charge in [-0.3, -0.25) is 4.79 Å². The van der Waals surface area contributed by atoms with E-state index >= 15 is 0 Å². The lowest BCUT2D eigenvalue weighted by Gasteiger charge is -2.17. The molecule has 1 aromatic rings. The standard InChI is InChI=1S/C11H16N2O3/c1-3-8(14)7-9-12-10(13-16-9)11(2)5-4-6-15-11/h3-7H2,1-2H3. The Hall–Kier alpha value is -1.23. The SMILES string of the molecule is CCC(=O)Cc1nc(C2(C)CCCO2)no1. The zero-order chi connectivity index (χ0) is 11.6. The van der Waals surface area contributed by atoms with Gasteiger partial charge in [-0.1, -0.05) is 12.1 Å². The summed E-state index contributed by atoms with van der Waals surface area (Å²) in [5, 5.41) is 3.89. The number of ether oxygens (including phenoxy) is 1. The van der Waals surface area contributed by atoms with E-state index in [2.05, 4.69) is 10.1 Å². The Balaban J connectivity index is 2.10. The second-order valence-electron chi connectivity index (χ2n) is 4.26. The van der Waals surface area contributed by atoms with Crippen LogP contribution in [-0.4, -0.2) is 22.5 Å². The summed E-state index contributed by atoms with van der Waals surface area (Å²) in [5.41, 5.74) is -0.434. The maximum absolute atomic E-state index is 11.2. The van der Waals surface area contributed by atoms with E-state index in [9.17, 15) is 4.79 Å². The molecule has 5 nitrogen and oxygen atoms in total. The minimum atomic E-state index is -0.434. The van der Waals surface area contributed by atoms with E-state index < -0.39 is 5.60 Å². The fourth-order valence-electron chi connectivity index (χ4n) is 1.79. The third-order valence-corrected chi connectivity index (χ3v) is 2.90. The number of carbonyl (C=O) groups excluding carboxylic acids is 1. The molecule has 88 valence electrons. The molecule has 0 aromatic carbocycles. The molecule has 0 spiro atoms. The molecule has 0 saturated carbocycles. The van der Waals surface area contributed by atoms with Gasteiger partial charge in [0, 0.05) is 13.0 Å².